The molecule has 0 aliphatic carbocycles. The summed E-state index contributed by atoms with van der Waals surface area (Å²) in [4.78, 5) is 0.0344. The highest BCUT2D eigenvalue weighted by Crippen LogP contribution is 2.40. The molecule has 0 saturated heterocycles. The lowest BCUT2D eigenvalue weighted by Crippen LogP contribution is -2.01. The lowest BCUT2D eigenvalue weighted by molar-refractivity contribution is 0.337. The van der Waals surface area contributed by atoms with Crippen LogP contribution in [0.3, 0.4) is 0 Å². The molecule has 0 bridgehead atoms. The molecule has 0 amide bonds. The molecule has 0 fully saturated rings. The Morgan fingerprint density at radius 2 is 1.95 bits per heavy atom. The fourth-order valence-corrected chi connectivity index (χ4v) is 4.25. The fraction of sp³-hybridized carbons (Fsp3) is 0.200. The van der Waals surface area contributed by atoms with Crippen molar-refractivity contribution in [3.05, 3.63) is 60.6 Å². The Hall–Kier alpha value is 0.220. The number of hydrogen-bond donors (Lipinski definition) is 0. The minimum absolute atomic E-state index is 0.0344. The molecule has 2 rings (SSSR count). The summed E-state index contributed by atoms with van der Waals surface area (Å²) < 4.78 is 7.91. The van der Waals surface area contributed by atoms with Crippen LogP contribution in [-0.4, -0.2) is 6.61 Å². The number of hydrogen-bond acceptors (Lipinski definition) is 1. The van der Waals surface area contributed by atoms with Crippen LogP contribution < -0.4 is 4.74 Å². The minimum Gasteiger partial charge on any atom is -0.494 e. The summed E-state index contributed by atoms with van der Waals surface area (Å²) in [7, 11) is 0. The Labute approximate surface area is 154 Å². The van der Waals surface area contributed by atoms with E-state index in [0.717, 1.165) is 29.9 Å². The van der Waals surface area contributed by atoms with Crippen LogP contribution in [0.1, 0.15) is 22.9 Å². The van der Waals surface area contributed by atoms with Gasteiger partial charge in [0.05, 0.1) is 11.4 Å². The van der Waals surface area contributed by atoms with Crippen molar-refractivity contribution in [2.45, 2.75) is 11.8 Å². The lowest BCUT2D eigenvalue weighted by Gasteiger charge is -2.17. The quantitative estimate of drug-likeness (QED) is 0.320. The summed E-state index contributed by atoms with van der Waals surface area (Å²) in [6.07, 6.45) is 0. The van der Waals surface area contributed by atoms with Gasteiger partial charge in [-0.25, -0.2) is 0 Å². The van der Waals surface area contributed by atoms with Crippen molar-refractivity contribution in [3.63, 3.8) is 0 Å². The predicted octanol–water partition coefficient (Wildman–Crippen LogP) is 6.59. The van der Waals surface area contributed by atoms with Crippen LogP contribution >= 0.6 is 66.1 Å². The Balaban J connectivity index is 2.49. The Morgan fingerprint density at radius 3 is 2.65 bits per heavy atom. The molecule has 0 aliphatic rings. The maximum absolute atomic E-state index is 6.12. The highest BCUT2D eigenvalue weighted by molar-refractivity contribution is 14.1. The van der Waals surface area contributed by atoms with Gasteiger partial charge in [-0.3, -0.25) is 0 Å². The van der Waals surface area contributed by atoms with Crippen LogP contribution in [0.15, 0.2) is 40.9 Å². The number of alkyl halides is 1. The molecule has 2 aromatic rings. The van der Waals surface area contributed by atoms with Gasteiger partial charge in [0, 0.05) is 18.6 Å². The van der Waals surface area contributed by atoms with Gasteiger partial charge in [0.15, 0.2) is 0 Å². The molecule has 0 aliphatic heterocycles. The van der Waals surface area contributed by atoms with Crippen molar-refractivity contribution in [2.24, 2.45) is 0 Å². The molecule has 106 valence electrons. The first-order valence-corrected chi connectivity index (χ1v) is 9.20. The zero-order chi connectivity index (χ0) is 14.7. The molecular formula is C15H12Br2ClIO. The second-order valence-electron chi connectivity index (χ2n) is 4.14. The average Bonchev–Trinajstić information content (AvgIpc) is 2.43. The number of benzene rings is 2. The monoisotopic (exact) mass is 528 g/mol. The smallest absolute Gasteiger partial charge is 0.124 e. The van der Waals surface area contributed by atoms with Crippen LogP contribution in [-0.2, 0) is 0 Å². The van der Waals surface area contributed by atoms with E-state index in [9.17, 15) is 0 Å². The molecular weight excluding hydrogens is 518 g/mol. The van der Waals surface area contributed by atoms with E-state index in [1.165, 1.54) is 0 Å². The van der Waals surface area contributed by atoms with E-state index in [0.29, 0.717) is 6.61 Å². The van der Waals surface area contributed by atoms with Gasteiger partial charge in [0.2, 0.25) is 0 Å². The number of rotatable bonds is 4. The van der Waals surface area contributed by atoms with Crippen molar-refractivity contribution in [2.75, 3.05) is 6.61 Å². The van der Waals surface area contributed by atoms with E-state index in [2.05, 4.69) is 60.5 Å². The third-order valence-corrected chi connectivity index (χ3v) is 5.47. The molecule has 0 spiro atoms. The topological polar surface area (TPSA) is 9.23 Å². The number of halogens is 4. The first-order chi connectivity index (χ1) is 9.52. The largest absolute Gasteiger partial charge is 0.494 e. The molecule has 0 radical (unpaired) electrons. The summed E-state index contributed by atoms with van der Waals surface area (Å²) in [6.45, 7) is 2.62. The van der Waals surface area contributed by atoms with Crippen molar-refractivity contribution < 1.29 is 4.74 Å². The van der Waals surface area contributed by atoms with E-state index in [4.69, 9.17) is 16.3 Å². The van der Waals surface area contributed by atoms with Gasteiger partial charge in [0.1, 0.15) is 5.75 Å². The van der Waals surface area contributed by atoms with Crippen LogP contribution in [0.4, 0.5) is 0 Å². The second kappa shape index (κ2) is 7.47. The maximum atomic E-state index is 6.12. The highest BCUT2D eigenvalue weighted by Gasteiger charge is 2.18. The van der Waals surface area contributed by atoms with Crippen LogP contribution in [0.25, 0.3) is 0 Å². The SMILES string of the molecule is CCOc1ccc(Br)cc1C(Br)c1cc(Cl)ccc1I. The third-order valence-electron chi connectivity index (χ3n) is 2.78. The molecule has 20 heavy (non-hydrogen) atoms. The third kappa shape index (κ3) is 3.90. The van der Waals surface area contributed by atoms with Crippen molar-refractivity contribution in [1.29, 1.82) is 0 Å². The van der Waals surface area contributed by atoms with Gasteiger partial charge in [-0.15, -0.1) is 0 Å². The average molecular weight is 530 g/mol. The molecule has 1 atom stereocenters. The predicted molar refractivity (Wildman–Crippen MR) is 100 cm³/mol. The van der Waals surface area contributed by atoms with Crippen molar-refractivity contribution in [3.8, 4) is 5.75 Å². The second-order valence-corrected chi connectivity index (χ2v) is 7.57. The van der Waals surface area contributed by atoms with E-state index >= 15 is 0 Å². The molecule has 5 heteroatoms. The Kier molecular flexibility index (Phi) is 6.20. The summed E-state index contributed by atoms with van der Waals surface area (Å²) in [5, 5.41) is 0.734. The molecule has 1 nitrogen and oxygen atoms in total. The summed E-state index contributed by atoms with van der Waals surface area (Å²) >= 11 is 15.7. The van der Waals surface area contributed by atoms with E-state index in [1.807, 2.05) is 37.3 Å². The molecule has 0 heterocycles. The number of ether oxygens (including phenoxy) is 1. The summed E-state index contributed by atoms with van der Waals surface area (Å²) in [5.41, 5.74) is 2.22. The van der Waals surface area contributed by atoms with Gasteiger partial charge >= 0.3 is 0 Å². The van der Waals surface area contributed by atoms with Gasteiger partial charge in [-0.2, -0.15) is 0 Å². The molecule has 2 aromatic carbocycles. The highest BCUT2D eigenvalue weighted by atomic mass is 127. The van der Waals surface area contributed by atoms with Gasteiger partial charge in [-0.1, -0.05) is 43.5 Å². The maximum Gasteiger partial charge on any atom is 0.124 e. The fourth-order valence-electron chi connectivity index (χ4n) is 1.88. The molecule has 0 saturated carbocycles. The van der Waals surface area contributed by atoms with Crippen LogP contribution in [0, 0.1) is 3.57 Å². The lowest BCUT2D eigenvalue weighted by atomic mass is 10.0. The van der Waals surface area contributed by atoms with Crippen LogP contribution in [0.2, 0.25) is 5.02 Å². The van der Waals surface area contributed by atoms with E-state index in [1.54, 1.807) is 0 Å². The Bertz CT molecular complexity index is 619. The van der Waals surface area contributed by atoms with Gasteiger partial charge in [0.25, 0.3) is 0 Å². The van der Waals surface area contributed by atoms with Crippen molar-refractivity contribution >= 4 is 66.1 Å². The van der Waals surface area contributed by atoms with Crippen molar-refractivity contribution in [1.82, 2.24) is 0 Å². The van der Waals surface area contributed by atoms with E-state index < -0.39 is 0 Å². The molecule has 1 unspecified atom stereocenters. The summed E-state index contributed by atoms with van der Waals surface area (Å²) in [5.74, 6) is 0.883. The van der Waals surface area contributed by atoms with E-state index in [-0.39, 0.29) is 4.83 Å². The summed E-state index contributed by atoms with van der Waals surface area (Å²) in [6, 6.07) is 11.9. The van der Waals surface area contributed by atoms with Crippen LogP contribution in [0.5, 0.6) is 5.75 Å². The molecule has 0 N–H and O–H groups in total. The first-order valence-electron chi connectivity index (χ1n) is 6.04. The van der Waals surface area contributed by atoms with Gasteiger partial charge < -0.3 is 4.74 Å². The first kappa shape index (κ1) is 16.6. The zero-order valence-corrected chi connectivity index (χ0v) is 16.8. The standard InChI is InChI=1S/C15H12Br2ClIO/c1-2-20-14-6-3-9(16)7-12(14)15(17)11-8-10(18)4-5-13(11)19/h3-8,15H,2H2,1H3. The Morgan fingerprint density at radius 1 is 1.20 bits per heavy atom. The normalized spacial score (nSPS) is 12.2. The van der Waals surface area contributed by atoms with Gasteiger partial charge in [-0.05, 0) is 71.5 Å². The zero-order valence-electron chi connectivity index (χ0n) is 10.7. The molecule has 0 aromatic heterocycles. The minimum atomic E-state index is 0.0344.